The van der Waals surface area contributed by atoms with Crippen molar-refractivity contribution in [3.8, 4) is 0 Å². The van der Waals surface area contributed by atoms with Crippen molar-refractivity contribution in [2.45, 2.75) is 83.6 Å². The maximum absolute atomic E-state index is 13.0. The van der Waals surface area contributed by atoms with E-state index >= 15 is 0 Å². The fourth-order valence-corrected chi connectivity index (χ4v) is 5.00. The van der Waals surface area contributed by atoms with Gasteiger partial charge in [0, 0.05) is 37.2 Å². The number of unbranched alkanes of at least 4 members (excludes halogenated alkanes) is 5. The van der Waals surface area contributed by atoms with Crippen molar-refractivity contribution >= 4 is 17.5 Å². The Morgan fingerprint density at radius 3 is 2.19 bits per heavy atom. The third-order valence-corrected chi connectivity index (χ3v) is 7.09. The standard InChI is InChI=1S/C26H40FN3O2/c1-2-3-4-5-6-7-8-25(31)30-19-15-24(16-20-30)29-17-13-21(14-18-29)26(32)28-23-11-9-22(27)10-12-23/h9-12,21,24H,2-8,13-20H2,1H3,(H,28,32). The van der Waals surface area contributed by atoms with Gasteiger partial charge >= 0.3 is 0 Å². The Hall–Kier alpha value is -1.95. The van der Waals surface area contributed by atoms with E-state index in [1.165, 1.54) is 44.2 Å². The minimum absolute atomic E-state index is 0.00953. The minimum Gasteiger partial charge on any atom is -0.343 e. The lowest BCUT2D eigenvalue weighted by Gasteiger charge is -2.41. The van der Waals surface area contributed by atoms with Crippen molar-refractivity contribution in [1.29, 1.82) is 0 Å². The van der Waals surface area contributed by atoms with Crippen LogP contribution in [0.1, 0.15) is 77.6 Å². The molecule has 178 valence electrons. The van der Waals surface area contributed by atoms with E-state index in [1.54, 1.807) is 12.1 Å². The summed E-state index contributed by atoms with van der Waals surface area (Å²) >= 11 is 0. The van der Waals surface area contributed by atoms with Gasteiger partial charge in [-0.2, -0.15) is 0 Å². The molecule has 1 aromatic rings. The van der Waals surface area contributed by atoms with Crippen LogP contribution in [0.5, 0.6) is 0 Å². The molecule has 0 aromatic heterocycles. The largest absolute Gasteiger partial charge is 0.343 e. The van der Waals surface area contributed by atoms with Gasteiger partial charge in [-0.3, -0.25) is 9.59 Å². The molecule has 0 radical (unpaired) electrons. The summed E-state index contributed by atoms with van der Waals surface area (Å²) in [6.07, 6.45) is 11.8. The van der Waals surface area contributed by atoms with Crippen LogP contribution < -0.4 is 5.32 Å². The van der Waals surface area contributed by atoms with Crippen LogP contribution in [0.2, 0.25) is 0 Å². The zero-order valence-corrected chi connectivity index (χ0v) is 19.7. The summed E-state index contributed by atoms with van der Waals surface area (Å²) in [6.45, 7) is 5.81. The topological polar surface area (TPSA) is 52.7 Å². The third-order valence-electron chi connectivity index (χ3n) is 7.09. The summed E-state index contributed by atoms with van der Waals surface area (Å²) in [7, 11) is 0. The van der Waals surface area contributed by atoms with Crippen molar-refractivity contribution in [1.82, 2.24) is 9.80 Å². The quantitative estimate of drug-likeness (QED) is 0.503. The molecular formula is C26H40FN3O2. The van der Waals surface area contributed by atoms with Crippen LogP contribution in [0, 0.1) is 11.7 Å². The lowest BCUT2D eigenvalue weighted by molar-refractivity contribution is -0.133. The molecule has 3 rings (SSSR count). The van der Waals surface area contributed by atoms with Gasteiger partial charge in [-0.1, -0.05) is 39.0 Å². The molecule has 2 aliphatic heterocycles. The van der Waals surface area contributed by atoms with Crippen molar-refractivity contribution in [3.05, 3.63) is 30.1 Å². The van der Waals surface area contributed by atoms with Crippen molar-refractivity contribution < 1.29 is 14.0 Å². The fourth-order valence-electron chi connectivity index (χ4n) is 5.00. The second kappa shape index (κ2) is 12.9. The van der Waals surface area contributed by atoms with Gasteiger partial charge in [0.2, 0.25) is 11.8 Å². The highest BCUT2D eigenvalue weighted by Gasteiger charge is 2.31. The highest BCUT2D eigenvalue weighted by Crippen LogP contribution is 2.25. The van der Waals surface area contributed by atoms with Gasteiger partial charge < -0.3 is 15.1 Å². The van der Waals surface area contributed by atoms with Gasteiger partial charge in [0.15, 0.2) is 0 Å². The summed E-state index contributed by atoms with van der Waals surface area (Å²) in [5.74, 6) is 0.0724. The van der Waals surface area contributed by atoms with Crippen LogP contribution in [0.15, 0.2) is 24.3 Å². The smallest absolute Gasteiger partial charge is 0.227 e. The van der Waals surface area contributed by atoms with Gasteiger partial charge in [-0.05, 0) is 69.5 Å². The maximum Gasteiger partial charge on any atom is 0.227 e. The Morgan fingerprint density at radius 2 is 1.53 bits per heavy atom. The van der Waals surface area contributed by atoms with Crippen LogP contribution in [0.25, 0.3) is 0 Å². The first kappa shape index (κ1) is 24.7. The Balaban J connectivity index is 1.31. The summed E-state index contributed by atoms with van der Waals surface area (Å²) in [5, 5.41) is 2.91. The van der Waals surface area contributed by atoms with Gasteiger partial charge in [-0.25, -0.2) is 4.39 Å². The van der Waals surface area contributed by atoms with E-state index in [0.29, 0.717) is 24.1 Å². The first-order chi connectivity index (χ1) is 15.6. The fraction of sp³-hybridized carbons (Fsp3) is 0.692. The van der Waals surface area contributed by atoms with Crippen molar-refractivity contribution in [2.24, 2.45) is 5.92 Å². The molecule has 2 heterocycles. The predicted octanol–water partition coefficient (Wildman–Crippen LogP) is 5.22. The molecule has 2 fully saturated rings. The number of carbonyl (C=O) groups excluding carboxylic acids is 2. The monoisotopic (exact) mass is 445 g/mol. The van der Waals surface area contributed by atoms with Gasteiger partial charge in [0.05, 0.1) is 0 Å². The Bertz CT molecular complexity index is 708. The van der Waals surface area contributed by atoms with Crippen molar-refractivity contribution in [3.63, 3.8) is 0 Å². The molecule has 5 nitrogen and oxygen atoms in total. The highest BCUT2D eigenvalue weighted by molar-refractivity contribution is 5.92. The number of nitrogens with one attached hydrogen (secondary N) is 1. The molecule has 0 atom stereocenters. The summed E-state index contributed by atoms with van der Waals surface area (Å²) in [4.78, 5) is 29.6. The highest BCUT2D eigenvalue weighted by atomic mass is 19.1. The average molecular weight is 446 g/mol. The molecular weight excluding hydrogens is 405 g/mol. The van der Waals surface area contributed by atoms with Crippen LogP contribution in [0.4, 0.5) is 10.1 Å². The third kappa shape index (κ3) is 7.58. The Morgan fingerprint density at radius 1 is 0.906 bits per heavy atom. The van der Waals surface area contributed by atoms with Crippen LogP contribution in [-0.2, 0) is 9.59 Å². The number of likely N-dealkylation sites (tertiary alicyclic amines) is 2. The molecule has 0 bridgehead atoms. The number of benzene rings is 1. The van der Waals surface area contributed by atoms with Crippen LogP contribution in [0.3, 0.4) is 0 Å². The molecule has 2 amide bonds. The molecule has 0 spiro atoms. The lowest BCUT2D eigenvalue weighted by Crippen LogP contribution is -2.49. The zero-order chi connectivity index (χ0) is 22.8. The zero-order valence-electron chi connectivity index (χ0n) is 19.7. The van der Waals surface area contributed by atoms with E-state index in [2.05, 4.69) is 22.0 Å². The molecule has 0 aliphatic carbocycles. The van der Waals surface area contributed by atoms with Gasteiger partial charge in [0.1, 0.15) is 5.82 Å². The van der Waals surface area contributed by atoms with Gasteiger partial charge in [0.25, 0.3) is 0 Å². The number of anilines is 1. The molecule has 1 N–H and O–H groups in total. The van der Waals surface area contributed by atoms with Gasteiger partial charge in [-0.15, -0.1) is 0 Å². The SMILES string of the molecule is CCCCCCCCC(=O)N1CCC(N2CCC(C(=O)Nc3ccc(F)cc3)CC2)CC1. The molecule has 2 saturated heterocycles. The van der Waals surface area contributed by atoms with Crippen LogP contribution >= 0.6 is 0 Å². The molecule has 2 aliphatic rings. The van der Waals surface area contributed by atoms with Crippen LogP contribution in [-0.4, -0.2) is 53.8 Å². The number of carbonyl (C=O) groups is 2. The normalized spacial score (nSPS) is 18.6. The van der Waals surface area contributed by atoms with E-state index in [9.17, 15) is 14.0 Å². The first-order valence-electron chi connectivity index (χ1n) is 12.6. The number of halogens is 1. The lowest BCUT2D eigenvalue weighted by atomic mass is 9.92. The number of hydrogen-bond acceptors (Lipinski definition) is 3. The molecule has 0 unspecified atom stereocenters. The van der Waals surface area contributed by atoms with E-state index < -0.39 is 0 Å². The van der Waals surface area contributed by atoms with Crippen molar-refractivity contribution in [2.75, 3.05) is 31.5 Å². The summed E-state index contributed by atoms with van der Waals surface area (Å²) in [5.41, 5.74) is 0.650. The van der Waals surface area contributed by atoms with E-state index in [1.807, 2.05) is 0 Å². The molecule has 32 heavy (non-hydrogen) atoms. The minimum atomic E-state index is -0.300. The molecule has 6 heteroatoms. The average Bonchev–Trinajstić information content (AvgIpc) is 2.83. The second-order valence-electron chi connectivity index (χ2n) is 9.44. The second-order valence-corrected chi connectivity index (χ2v) is 9.44. The van der Waals surface area contributed by atoms with E-state index in [4.69, 9.17) is 0 Å². The molecule has 0 saturated carbocycles. The number of amides is 2. The van der Waals surface area contributed by atoms with E-state index in [-0.39, 0.29) is 17.6 Å². The van der Waals surface area contributed by atoms with E-state index in [0.717, 1.165) is 58.3 Å². The Labute approximate surface area is 192 Å². The predicted molar refractivity (Wildman–Crippen MR) is 127 cm³/mol. The number of nitrogens with zero attached hydrogens (tertiary/aromatic N) is 2. The number of hydrogen-bond donors (Lipinski definition) is 1. The first-order valence-corrected chi connectivity index (χ1v) is 12.6. The Kier molecular flexibility index (Phi) is 9.97. The summed E-state index contributed by atoms with van der Waals surface area (Å²) < 4.78 is 13.0. The number of piperidine rings is 2. The molecule has 1 aromatic carbocycles. The summed E-state index contributed by atoms with van der Waals surface area (Å²) in [6, 6.07) is 6.45. The maximum atomic E-state index is 13.0. The number of rotatable bonds is 10.